The molecule has 0 amide bonds. The third-order valence-corrected chi connectivity index (χ3v) is 0.866. The molecule has 0 aliphatic heterocycles. The maximum Gasteiger partial charge on any atom is 0.157 e. The lowest BCUT2D eigenvalue weighted by Crippen LogP contribution is -1.79. The standard InChI is InChI=1S/C2H3F.C2H8OSi/c1-2-3;1-3-4-2/h2H,1H2;4H2,1-2H3. The van der Waals surface area contributed by atoms with Gasteiger partial charge in [-0.15, -0.1) is 0 Å². The minimum Gasteiger partial charge on any atom is -0.427 e. The molecule has 0 unspecified atom stereocenters. The quantitative estimate of drug-likeness (QED) is 0.469. The van der Waals surface area contributed by atoms with Crippen LogP contribution in [0.3, 0.4) is 0 Å². The molecule has 0 aromatic heterocycles. The molecule has 0 saturated heterocycles. The first kappa shape index (κ1) is 9.96. The number of hydrogen-bond donors (Lipinski definition) is 0. The van der Waals surface area contributed by atoms with Crippen molar-refractivity contribution in [3.05, 3.63) is 12.9 Å². The monoisotopic (exact) mass is 122 g/mol. The smallest absolute Gasteiger partial charge is 0.157 e. The molecule has 0 aromatic rings. The molecule has 7 heavy (non-hydrogen) atoms. The Bertz CT molecular complexity index is 30.9. The molecule has 0 spiro atoms. The van der Waals surface area contributed by atoms with E-state index in [4.69, 9.17) is 0 Å². The van der Waals surface area contributed by atoms with Crippen LogP contribution in [-0.2, 0) is 4.43 Å². The molecule has 0 radical (unpaired) electrons. The van der Waals surface area contributed by atoms with Crippen LogP contribution < -0.4 is 0 Å². The number of hydrogen-bond acceptors (Lipinski definition) is 1. The highest BCUT2D eigenvalue weighted by molar-refractivity contribution is 6.24. The molecular weight excluding hydrogens is 111 g/mol. The molecule has 0 heterocycles. The molecule has 3 heteroatoms. The Hall–Kier alpha value is -0.153. The summed E-state index contributed by atoms with van der Waals surface area (Å²) >= 11 is 0. The summed E-state index contributed by atoms with van der Waals surface area (Å²) in [5.41, 5.74) is 0. The van der Waals surface area contributed by atoms with Gasteiger partial charge < -0.3 is 4.43 Å². The topological polar surface area (TPSA) is 9.23 Å². The van der Waals surface area contributed by atoms with Crippen molar-refractivity contribution in [3.63, 3.8) is 0 Å². The molecule has 1 nitrogen and oxygen atoms in total. The molecule has 0 N–H and O–H groups in total. The van der Waals surface area contributed by atoms with Gasteiger partial charge in [-0.2, -0.15) is 0 Å². The Morgan fingerprint density at radius 3 is 2.00 bits per heavy atom. The third-order valence-electron chi connectivity index (χ3n) is 0.289. The highest BCUT2D eigenvalue weighted by Gasteiger charge is 1.55. The highest BCUT2D eigenvalue weighted by atomic mass is 28.2. The predicted octanol–water partition coefficient (Wildman–Crippen LogP) is 0.864. The molecule has 0 aromatic carbocycles. The van der Waals surface area contributed by atoms with E-state index in [-0.39, 0.29) is 16.1 Å². The van der Waals surface area contributed by atoms with E-state index in [2.05, 4.69) is 17.6 Å². The zero-order valence-corrected chi connectivity index (χ0v) is 6.19. The van der Waals surface area contributed by atoms with Crippen LogP contribution in [-0.4, -0.2) is 16.9 Å². The van der Waals surface area contributed by atoms with E-state index in [1.54, 1.807) is 7.11 Å². The van der Waals surface area contributed by atoms with Crippen molar-refractivity contribution in [2.75, 3.05) is 7.11 Å². The lowest BCUT2D eigenvalue weighted by molar-refractivity contribution is 0.446. The highest BCUT2D eigenvalue weighted by Crippen LogP contribution is 1.48. The Labute approximate surface area is 46.1 Å². The second kappa shape index (κ2) is 16.9. The summed E-state index contributed by atoms with van der Waals surface area (Å²) < 4.78 is 14.7. The Balaban J connectivity index is 0. The van der Waals surface area contributed by atoms with E-state index >= 15 is 0 Å². The fourth-order valence-electron chi connectivity index (χ4n) is 0. The van der Waals surface area contributed by atoms with Gasteiger partial charge in [-0.1, -0.05) is 13.1 Å². The molecule has 0 bridgehead atoms. The molecule has 0 fully saturated rings. The summed E-state index contributed by atoms with van der Waals surface area (Å²) in [4.78, 5) is 0. The summed E-state index contributed by atoms with van der Waals surface area (Å²) in [5.74, 6) is 0. The average Bonchev–Trinajstić information content (AvgIpc) is 1.69. The second-order valence-electron chi connectivity index (χ2n) is 0.732. The fraction of sp³-hybridized carbons (Fsp3) is 0.500. The molecule has 44 valence electrons. The molecular formula is C4H11FOSi. The van der Waals surface area contributed by atoms with Gasteiger partial charge in [0.15, 0.2) is 9.76 Å². The molecule has 0 aliphatic rings. The van der Waals surface area contributed by atoms with Crippen LogP contribution in [0.15, 0.2) is 12.9 Å². The summed E-state index contributed by atoms with van der Waals surface area (Å²) in [6.07, 6.45) is 0.250. The second-order valence-corrected chi connectivity index (χ2v) is 1.89. The Morgan fingerprint density at radius 1 is 1.86 bits per heavy atom. The van der Waals surface area contributed by atoms with E-state index in [1.165, 1.54) is 0 Å². The van der Waals surface area contributed by atoms with Crippen LogP contribution in [0.4, 0.5) is 4.39 Å². The predicted molar refractivity (Wildman–Crippen MR) is 32.7 cm³/mol. The molecule has 0 saturated carbocycles. The minimum atomic E-state index is -0.0756. The first-order valence-electron chi connectivity index (χ1n) is 2.03. The van der Waals surface area contributed by atoms with Crippen molar-refractivity contribution in [3.8, 4) is 0 Å². The van der Waals surface area contributed by atoms with E-state index < -0.39 is 0 Å². The molecule has 0 rings (SSSR count). The van der Waals surface area contributed by atoms with Gasteiger partial charge in [-0.3, -0.25) is 0 Å². The van der Waals surface area contributed by atoms with E-state index in [9.17, 15) is 4.39 Å². The van der Waals surface area contributed by atoms with Crippen molar-refractivity contribution in [1.29, 1.82) is 0 Å². The summed E-state index contributed by atoms with van der Waals surface area (Å²) in [6, 6.07) is 0. The van der Waals surface area contributed by atoms with Crippen LogP contribution in [0.25, 0.3) is 0 Å². The van der Waals surface area contributed by atoms with E-state index in [0.717, 1.165) is 0 Å². The average molecular weight is 122 g/mol. The first-order valence-corrected chi connectivity index (χ1v) is 4.02. The van der Waals surface area contributed by atoms with Crippen LogP contribution >= 0.6 is 0 Å². The van der Waals surface area contributed by atoms with Crippen molar-refractivity contribution >= 4 is 9.76 Å². The zero-order valence-electron chi connectivity index (χ0n) is 4.78. The Morgan fingerprint density at radius 2 is 2.00 bits per heavy atom. The van der Waals surface area contributed by atoms with Gasteiger partial charge in [0.1, 0.15) is 0 Å². The third kappa shape index (κ3) is 121. The first-order chi connectivity index (χ1) is 3.33. The van der Waals surface area contributed by atoms with Gasteiger partial charge in [0.25, 0.3) is 0 Å². The largest absolute Gasteiger partial charge is 0.427 e. The van der Waals surface area contributed by atoms with Crippen molar-refractivity contribution < 1.29 is 8.82 Å². The molecule has 0 atom stereocenters. The van der Waals surface area contributed by atoms with Crippen molar-refractivity contribution in [1.82, 2.24) is 0 Å². The fourth-order valence-corrected chi connectivity index (χ4v) is 0. The summed E-state index contributed by atoms with van der Waals surface area (Å²) in [7, 11) is 1.67. The SMILES string of the molecule is C=CF.CO[SiH2]C. The van der Waals surface area contributed by atoms with Crippen molar-refractivity contribution in [2.24, 2.45) is 0 Å². The lowest BCUT2D eigenvalue weighted by Gasteiger charge is -1.75. The minimum absolute atomic E-state index is 0.0756. The maximum absolute atomic E-state index is 10.1. The van der Waals surface area contributed by atoms with E-state index in [1.807, 2.05) is 0 Å². The van der Waals surface area contributed by atoms with Gasteiger partial charge in [0, 0.05) is 7.11 Å². The van der Waals surface area contributed by atoms with Crippen molar-refractivity contribution in [2.45, 2.75) is 6.55 Å². The lowest BCUT2D eigenvalue weighted by atomic mass is 11.2. The van der Waals surface area contributed by atoms with Crippen LogP contribution in [0, 0.1) is 0 Å². The maximum atomic E-state index is 10.1. The molecule has 0 aliphatic carbocycles. The van der Waals surface area contributed by atoms with Crippen LogP contribution in [0.1, 0.15) is 0 Å². The number of rotatable bonds is 1. The van der Waals surface area contributed by atoms with Gasteiger partial charge in [0.2, 0.25) is 0 Å². The Kier molecular flexibility index (Phi) is 24.1. The summed E-state index contributed by atoms with van der Waals surface area (Å²) in [5, 5.41) is 0. The summed E-state index contributed by atoms with van der Waals surface area (Å²) in [6.45, 7) is 4.79. The van der Waals surface area contributed by atoms with Gasteiger partial charge in [-0.05, 0) is 0 Å². The zero-order chi connectivity index (χ0) is 6.12. The van der Waals surface area contributed by atoms with Crippen LogP contribution in [0.2, 0.25) is 6.55 Å². The van der Waals surface area contributed by atoms with Gasteiger partial charge in [-0.25, -0.2) is 4.39 Å². The van der Waals surface area contributed by atoms with Gasteiger partial charge in [0.05, 0.1) is 6.33 Å². The normalized spacial score (nSPS) is 7.86. The number of halogens is 1. The van der Waals surface area contributed by atoms with Gasteiger partial charge >= 0.3 is 0 Å². The van der Waals surface area contributed by atoms with E-state index in [0.29, 0.717) is 0 Å². The van der Waals surface area contributed by atoms with Crippen LogP contribution in [0.5, 0.6) is 0 Å².